The molecule has 0 N–H and O–H groups in total. The number of nitrogens with zero attached hydrogens (tertiary/aromatic N) is 4. The summed E-state index contributed by atoms with van der Waals surface area (Å²) in [7, 11) is -0.773. The number of sulfonamides is 1. The summed E-state index contributed by atoms with van der Waals surface area (Å²) in [5.41, 5.74) is -0.893. The molecule has 1 heterocycles. The highest BCUT2D eigenvalue weighted by Gasteiger charge is 2.29. The third kappa shape index (κ3) is 6.97. The third-order valence-corrected chi connectivity index (χ3v) is 8.50. The monoisotopic (exact) mass is 574 g/mol. The van der Waals surface area contributed by atoms with Gasteiger partial charge in [0.2, 0.25) is 10.0 Å². The summed E-state index contributed by atoms with van der Waals surface area (Å²) in [5.74, 6) is 0. The first-order chi connectivity index (χ1) is 15.6. The maximum absolute atomic E-state index is 12.4. The normalized spacial score (nSPS) is 15.3. The van der Waals surface area contributed by atoms with E-state index >= 15 is 0 Å². The molecule has 17 heteroatoms. The van der Waals surface area contributed by atoms with E-state index in [1.165, 1.54) is 16.4 Å². The van der Waals surface area contributed by atoms with Gasteiger partial charge in [-0.1, -0.05) is 23.2 Å². The van der Waals surface area contributed by atoms with Gasteiger partial charge in [-0.05, 0) is 31.3 Å². The molecule has 0 saturated carbocycles. The highest BCUT2D eigenvalue weighted by Crippen LogP contribution is 2.29. The smallest absolute Gasteiger partial charge is 0.289 e. The van der Waals surface area contributed by atoms with Crippen molar-refractivity contribution in [1.29, 1.82) is 0 Å². The van der Waals surface area contributed by atoms with Gasteiger partial charge in [0.15, 0.2) is 0 Å². The van der Waals surface area contributed by atoms with Crippen molar-refractivity contribution in [2.24, 2.45) is 0 Å². The Kier molecular flexibility index (Phi) is 9.21. The van der Waals surface area contributed by atoms with Crippen LogP contribution in [0.25, 0.3) is 0 Å². The van der Waals surface area contributed by atoms with Crippen LogP contribution in [-0.2, 0) is 19.1 Å². The summed E-state index contributed by atoms with van der Waals surface area (Å²) in [6.07, 6.45) is 0. The van der Waals surface area contributed by atoms with Gasteiger partial charge in [0.05, 0.1) is 19.6 Å². The Morgan fingerprint density at radius 2 is 1.21 bits per heavy atom. The molecule has 1 aliphatic heterocycles. The van der Waals surface area contributed by atoms with Crippen molar-refractivity contribution in [3.8, 4) is 0 Å². The number of hydrogen-bond donors (Lipinski definition) is 0. The number of piperazine rings is 1. The van der Waals surface area contributed by atoms with Crippen LogP contribution in [0.5, 0.6) is 0 Å². The van der Waals surface area contributed by atoms with Gasteiger partial charge in [-0.25, -0.2) is 16.8 Å². The van der Waals surface area contributed by atoms with E-state index in [0.717, 1.165) is 24.3 Å². The van der Waals surface area contributed by atoms with Crippen LogP contribution in [0.4, 0.5) is 11.4 Å². The summed E-state index contributed by atoms with van der Waals surface area (Å²) in [6, 6.07) is 6.55. The number of likely N-dealkylation sites (N-methyl/N-ethyl adjacent to an activating group) is 1. The van der Waals surface area contributed by atoms with Crippen LogP contribution in [0.3, 0.4) is 0 Å². The topological polar surface area (TPSA) is 161 Å². The number of nitro groups is 2. The Labute approximate surface area is 209 Å². The molecule has 1 fully saturated rings. The minimum absolute atomic E-state index is 0.0765. The number of benzene rings is 2. The lowest BCUT2D eigenvalue weighted by Crippen LogP contribution is -2.47. The van der Waals surface area contributed by atoms with E-state index in [0.29, 0.717) is 26.2 Å². The molecule has 0 aromatic heterocycles. The fraction of sp³-hybridized carbons (Fsp3) is 0.294. The second kappa shape index (κ2) is 11.1. The second-order valence-electron chi connectivity index (χ2n) is 6.89. The molecule has 1 aliphatic rings. The molecule has 0 atom stereocenters. The first-order valence-electron chi connectivity index (χ1n) is 9.16. The van der Waals surface area contributed by atoms with Gasteiger partial charge in [-0.3, -0.25) is 20.2 Å². The summed E-state index contributed by atoms with van der Waals surface area (Å²) < 4.78 is 47.8. The highest BCUT2D eigenvalue weighted by atomic mass is 35.7. The largest absolute Gasteiger partial charge is 0.304 e. The van der Waals surface area contributed by atoms with Crippen LogP contribution >= 0.6 is 33.9 Å². The molecule has 3 rings (SSSR count). The fourth-order valence-corrected chi connectivity index (χ4v) is 5.34. The van der Waals surface area contributed by atoms with Gasteiger partial charge < -0.3 is 4.90 Å². The van der Waals surface area contributed by atoms with Gasteiger partial charge in [0.1, 0.15) is 10.0 Å². The van der Waals surface area contributed by atoms with Gasteiger partial charge in [-0.15, -0.1) is 0 Å². The van der Waals surface area contributed by atoms with Crippen LogP contribution in [0, 0.1) is 20.2 Å². The van der Waals surface area contributed by atoms with Crippen molar-refractivity contribution < 1.29 is 26.7 Å². The lowest BCUT2D eigenvalue weighted by Gasteiger charge is -2.31. The van der Waals surface area contributed by atoms with E-state index in [1.54, 1.807) is 0 Å². The van der Waals surface area contributed by atoms with E-state index in [2.05, 4.69) is 0 Å². The lowest BCUT2D eigenvalue weighted by molar-refractivity contribution is -0.385. The Morgan fingerprint density at radius 3 is 1.62 bits per heavy atom. The van der Waals surface area contributed by atoms with Crippen molar-refractivity contribution >= 4 is 64.3 Å². The van der Waals surface area contributed by atoms with Crippen molar-refractivity contribution in [1.82, 2.24) is 9.21 Å². The molecule has 0 aliphatic carbocycles. The quantitative estimate of drug-likeness (QED) is 0.296. The Balaban J connectivity index is 0.000000257. The number of rotatable bonds is 5. The lowest BCUT2D eigenvalue weighted by atomic mass is 10.3. The minimum atomic E-state index is -3.97. The van der Waals surface area contributed by atoms with Crippen molar-refractivity contribution in [2.75, 3.05) is 33.2 Å². The van der Waals surface area contributed by atoms with Crippen LogP contribution < -0.4 is 0 Å². The molecule has 0 amide bonds. The van der Waals surface area contributed by atoms with Crippen LogP contribution in [0.1, 0.15) is 0 Å². The van der Waals surface area contributed by atoms with Crippen LogP contribution in [0.2, 0.25) is 10.0 Å². The molecular weight excluding hydrogens is 559 g/mol. The fourth-order valence-electron chi connectivity index (χ4n) is 2.75. The van der Waals surface area contributed by atoms with Crippen LogP contribution in [-0.4, -0.2) is 69.1 Å². The Bertz CT molecular complexity index is 1310. The minimum Gasteiger partial charge on any atom is -0.304 e. The SMILES string of the molecule is CN1CCN(S(=O)(=O)c2ccc(Cl)c([N+](=O)[O-])c2)CC1.O=[N+]([O-])c1cc(S(=O)(=O)Cl)ccc1Cl. The van der Waals surface area contributed by atoms with Crippen LogP contribution in [0.15, 0.2) is 46.2 Å². The summed E-state index contributed by atoms with van der Waals surface area (Å²) in [4.78, 5) is 21.3. The van der Waals surface area contributed by atoms with Gasteiger partial charge in [0, 0.05) is 49.0 Å². The zero-order valence-electron chi connectivity index (χ0n) is 17.3. The van der Waals surface area contributed by atoms with Crippen molar-refractivity contribution in [3.63, 3.8) is 0 Å². The number of hydrogen-bond acceptors (Lipinski definition) is 9. The predicted molar refractivity (Wildman–Crippen MR) is 126 cm³/mol. The molecular formula is C17H17Cl3N4O8S2. The molecule has 2 aromatic carbocycles. The number of halogens is 3. The molecule has 1 saturated heterocycles. The van der Waals surface area contributed by atoms with Crippen molar-refractivity contribution in [2.45, 2.75) is 9.79 Å². The first-order valence-corrected chi connectivity index (χ1v) is 13.7. The van der Waals surface area contributed by atoms with Crippen molar-refractivity contribution in [3.05, 3.63) is 66.7 Å². The maximum Gasteiger partial charge on any atom is 0.289 e. The first kappa shape index (κ1) is 28.2. The zero-order valence-corrected chi connectivity index (χ0v) is 21.2. The van der Waals surface area contributed by atoms with Gasteiger partial charge in [0.25, 0.3) is 20.4 Å². The molecule has 0 spiro atoms. The molecule has 34 heavy (non-hydrogen) atoms. The number of nitro benzene ring substituents is 2. The highest BCUT2D eigenvalue weighted by molar-refractivity contribution is 8.13. The standard InChI is InChI=1S/C11H14ClN3O4S.C6H3Cl2NO4S/c1-13-4-6-14(7-5-13)20(18,19)9-2-3-10(12)11(8-9)15(16)17;7-5-2-1-4(14(8,12)13)3-6(5)9(10)11/h2-3,8H,4-7H2,1H3;1-3H. The van der Waals surface area contributed by atoms with E-state index in [-0.39, 0.29) is 19.8 Å². The van der Waals surface area contributed by atoms with E-state index in [1.807, 2.05) is 11.9 Å². The summed E-state index contributed by atoms with van der Waals surface area (Å²) in [6.45, 7) is 2.01. The molecule has 186 valence electrons. The Morgan fingerprint density at radius 1 is 0.794 bits per heavy atom. The average molecular weight is 576 g/mol. The van der Waals surface area contributed by atoms with Gasteiger partial charge in [-0.2, -0.15) is 4.31 Å². The summed E-state index contributed by atoms with van der Waals surface area (Å²) in [5, 5.41) is 21.0. The van der Waals surface area contributed by atoms with Gasteiger partial charge >= 0.3 is 0 Å². The molecule has 2 aromatic rings. The second-order valence-corrected chi connectivity index (χ2v) is 12.2. The zero-order chi connectivity index (χ0) is 25.8. The average Bonchev–Trinajstić information content (AvgIpc) is 2.73. The molecule has 0 bridgehead atoms. The Hall–Kier alpha value is -2.07. The predicted octanol–water partition coefficient (Wildman–Crippen LogP) is 3.36. The van der Waals surface area contributed by atoms with E-state index < -0.39 is 40.3 Å². The summed E-state index contributed by atoms with van der Waals surface area (Å²) >= 11 is 11.2. The molecule has 0 radical (unpaired) electrons. The van der Waals surface area contributed by atoms with E-state index in [4.69, 9.17) is 33.9 Å². The van der Waals surface area contributed by atoms with E-state index in [9.17, 15) is 37.1 Å². The molecule has 0 unspecified atom stereocenters. The third-order valence-electron chi connectivity index (χ3n) is 4.61. The maximum atomic E-state index is 12.4. The molecule has 12 nitrogen and oxygen atoms in total.